The number of hydrogen-bond donors (Lipinski definition) is 0. The van der Waals surface area contributed by atoms with Crippen LogP contribution in [0.4, 0.5) is 0 Å². The second-order valence-corrected chi connectivity index (χ2v) is 4.90. The lowest BCUT2D eigenvalue weighted by Gasteiger charge is -2.41. The van der Waals surface area contributed by atoms with Gasteiger partial charge in [-0.15, -0.1) is 0 Å². The van der Waals surface area contributed by atoms with Crippen molar-refractivity contribution in [2.75, 3.05) is 6.61 Å². The summed E-state index contributed by atoms with van der Waals surface area (Å²) in [5, 5.41) is 12.2. The van der Waals surface area contributed by atoms with Crippen LogP contribution in [-0.2, 0) is 38.1 Å². The van der Waals surface area contributed by atoms with Crippen LogP contribution in [0.2, 0.25) is 0 Å². The third-order valence-electron chi connectivity index (χ3n) is 3.03. The number of carbonyl (C=O) groups excluding carboxylic acids is 3. The first-order chi connectivity index (χ1) is 11.8. The van der Waals surface area contributed by atoms with E-state index in [4.69, 9.17) is 34.5 Å². The molecule has 5 atom stereocenters. The topological polar surface area (TPSA) is 170 Å². The van der Waals surface area contributed by atoms with E-state index in [2.05, 4.69) is 10.0 Å². The Morgan fingerprint density at radius 3 is 2.24 bits per heavy atom. The molecule has 1 aliphatic heterocycles. The molecule has 12 nitrogen and oxygen atoms in total. The van der Waals surface area contributed by atoms with E-state index in [1.165, 1.54) is 6.26 Å². The number of hydrogen-bond acceptors (Lipinski definition) is 10. The number of azide groups is 1. The van der Waals surface area contributed by atoms with Crippen LogP contribution >= 0.6 is 0 Å². The highest BCUT2D eigenvalue weighted by Crippen LogP contribution is 2.29. The van der Waals surface area contributed by atoms with Crippen molar-refractivity contribution in [1.82, 2.24) is 0 Å². The average molecular weight is 356 g/mol. The van der Waals surface area contributed by atoms with E-state index in [9.17, 15) is 14.4 Å². The zero-order valence-electron chi connectivity index (χ0n) is 13.6. The fourth-order valence-electron chi connectivity index (χ4n) is 2.22. The Bertz CT molecular complexity index is 612. The summed E-state index contributed by atoms with van der Waals surface area (Å²) in [5.74, 6) is -2.13. The molecule has 0 aromatic rings. The molecule has 0 unspecified atom stereocenters. The van der Waals surface area contributed by atoms with Gasteiger partial charge in [-0.2, -0.15) is 5.26 Å². The number of carbonyl (C=O) groups is 3. The molecule has 1 heterocycles. The molecule has 1 fully saturated rings. The molecule has 25 heavy (non-hydrogen) atoms. The van der Waals surface area contributed by atoms with Crippen molar-refractivity contribution in [1.29, 1.82) is 5.26 Å². The average Bonchev–Trinajstić information content (AvgIpc) is 2.50. The van der Waals surface area contributed by atoms with E-state index in [1.807, 2.05) is 0 Å². The van der Waals surface area contributed by atoms with Crippen LogP contribution in [0.3, 0.4) is 0 Å². The number of esters is 3. The van der Waals surface area contributed by atoms with Gasteiger partial charge in [0.25, 0.3) is 12.5 Å². The Balaban J connectivity index is 3.23. The molecule has 0 amide bonds. The summed E-state index contributed by atoms with van der Waals surface area (Å²) in [5.41, 5.74) is 8.79. The molecular formula is C13H16N4O8. The first-order valence-electron chi connectivity index (χ1n) is 7.02. The Hall–Kier alpha value is -3.03. The molecule has 0 spiro atoms. The van der Waals surface area contributed by atoms with Gasteiger partial charge in [0, 0.05) is 25.7 Å². The van der Waals surface area contributed by atoms with Gasteiger partial charge >= 0.3 is 17.9 Å². The summed E-state index contributed by atoms with van der Waals surface area (Å²) in [4.78, 5) is 36.3. The van der Waals surface area contributed by atoms with Crippen LogP contribution in [0.1, 0.15) is 20.8 Å². The van der Waals surface area contributed by atoms with E-state index in [1.54, 1.807) is 0 Å². The molecule has 0 saturated carbocycles. The Kier molecular flexibility index (Phi) is 7.45. The van der Waals surface area contributed by atoms with Crippen molar-refractivity contribution < 1.29 is 38.1 Å². The van der Waals surface area contributed by atoms with Crippen molar-refractivity contribution in [3.05, 3.63) is 10.4 Å². The standard InChI is InChI=1S/C13H16N4O8/c1-6(18)21-4-9-11(23-7(2)19)10(16-17-15)12(24-8(3)20)13(25-9)22-5-14/h9-13H,4H2,1-3H3/t9-,10+,11+,12-,13-/m1/s1. The molecule has 12 heteroatoms. The van der Waals surface area contributed by atoms with Gasteiger partial charge in [0.2, 0.25) is 0 Å². The zero-order valence-corrected chi connectivity index (χ0v) is 13.6. The quantitative estimate of drug-likeness (QED) is 0.162. The summed E-state index contributed by atoms with van der Waals surface area (Å²) < 4.78 is 25.0. The molecule has 0 N–H and O–H groups in total. The summed E-state index contributed by atoms with van der Waals surface area (Å²) in [6.07, 6.45) is -3.78. The van der Waals surface area contributed by atoms with Crippen LogP contribution in [0.25, 0.3) is 10.4 Å². The smallest absolute Gasteiger partial charge is 0.303 e. The minimum absolute atomic E-state index is 0.372. The van der Waals surface area contributed by atoms with Gasteiger partial charge in [0.15, 0.2) is 6.10 Å². The second-order valence-electron chi connectivity index (χ2n) is 4.90. The monoisotopic (exact) mass is 356 g/mol. The third kappa shape index (κ3) is 5.83. The van der Waals surface area contributed by atoms with Gasteiger partial charge < -0.3 is 23.7 Å². The van der Waals surface area contributed by atoms with Crippen LogP contribution in [0, 0.1) is 11.5 Å². The third-order valence-corrected chi connectivity index (χ3v) is 3.03. The van der Waals surface area contributed by atoms with Gasteiger partial charge in [-0.1, -0.05) is 5.11 Å². The number of nitrogens with zero attached hydrogens (tertiary/aromatic N) is 4. The summed E-state index contributed by atoms with van der Waals surface area (Å²) >= 11 is 0. The van der Waals surface area contributed by atoms with Crippen LogP contribution in [-0.4, -0.2) is 55.2 Å². The fourth-order valence-corrected chi connectivity index (χ4v) is 2.22. The molecule has 0 aliphatic carbocycles. The van der Waals surface area contributed by atoms with Crippen LogP contribution in [0.15, 0.2) is 5.11 Å². The van der Waals surface area contributed by atoms with Gasteiger partial charge in [0.05, 0.1) is 0 Å². The summed E-state index contributed by atoms with van der Waals surface area (Å²) in [7, 11) is 0. The van der Waals surface area contributed by atoms with Gasteiger partial charge in [-0.05, 0) is 5.53 Å². The normalized spacial score (nSPS) is 27.8. The lowest BCUT2D eigenvalue weighted by molar-refractivity contribution is -0.266. The number of rotatable bonds is 6. The SMILES string of the molecule is CC(=O)OC[C@H]1O[C@@H](OC#N)[C@H](OC(C)=O)[C@@H](N=[N+]=[N-])[C@H]1OC(C)=O. The highest BCUT2D eigenvalue weighted by molar-refractivity contribution is 5.67. The van der Waals surface area contributed by atoms with Gasteiger partial charge in [-0.3, -0.25) is 14.4 Å². The minimum Gasteiger partial charge on any atom is -0.463 e. The number of nitriles is 1. The predicted octanol–water partition coefficient (Wildman–Crippen LogP) is 0.314. The van der Waals surface area contributed by atoms with E-state index in [0.29, 0.717) is 0 Å². The molecule has 1 rings (SSSR count). The molecule has 0 aromatic carbocycles. The predicted molar refractivity (Wildman–Crippen MR) is 76.0 cm³/mol. The lowest BCUT2D eigenvalue weighted by Crippen LogP contribution is -2.60. The van der Waals surface area contributed by atoms with Crippen molar-refractivity contribution in [3.8, 4) is 6.26 Å². The van der Waals surface area contributed by atoms with Crippen molar-refractivity contribution in [2.45, 2.75) is 51.4 Å². The first kappa shape index (κ1) is 20.0. The Morgan fingerprint density at radius 1 is 1.16 bits per heavy atom. The highest BCUT2D eigenvalue weighted by atomic mass is 16.7. The molecular weight excluding hydrogens is 340 g/mol. The molecule has 1 saturated heterocycles. The van der Waals surface area contributed by atoms with E-state index >= 15 is 0 Å². The van der Waals surface area contributed by atoms with Crippen molar-refractivity contribution in [3.63, 3.8) is 0 Å². The van der Waals surface area contributed by atoms with E-state index < -0.39 is 48.6 Å². The van der Waals surface area contributed by atoms with Crippen LogP contribution in [0.5, 0.6) is 0 Å². The van der Waals surface area contributed by atoms with Crippen LogP contribution < -0.4 is 0 Å². The molecule has 0 bridgehead atoms. The van der Waals surface area contributed by atoms with Gasteiger partial charge in [-0.25, -0.2) is 0 Å². The summed E-state index contributed by atoms with van der Waals surface area (Å²) in [6.45, 7) is 2.97. The maximum absolute atomic E-state index is 11.4. The lowest BCUT2D eigenvalue weighted by atomic mass is 9.96. The molecule has 0 radical (unpaired) electrons. The number of ether oxygens (including phenoxy) is 5. The largest absolute Gasteiger partial charge is 0.463 e. The molecule has 1 aliphatic rings. The summed E-state index contributed by atoms with van der Waals surface area (Å²) in [6, 6.07) is -1.27. The van der Waals surface area contributed by atoms with E-state index in [0.717, 1.165) is 20.8 Å². The molecule has 136 valence electrons. The highest BCUT2D eigenvalue weighted by Gasteiger charge is 2.51. The fraction of sp³-hybridized carbons (Fsp3) is 0.692. The second kappa shape index (κ2) is 9.31. The van der Waals surface area contributed by atoms with Crippen molar-refractivity contribution >= 4 is 17.9 Å². The zero-order chi connectivity index (χ0) is 19.0. The maximum atomic E-state index is 11.4. The molecule has 0 aromatic heterocycles. The Labute approximate surface area is 142 Å². The first-order valence-corrected chi connectivity index (χ1v) is 7.02. The minimum atomic E-state index is -1.45. The van der Waals surface area contributed by atoms with Crippen molar-refractivity contribution in [2.24, 2.45) is 5.11 Å². The van der Waals surface area contributed by atoms with Gasteiger partial charge in [0.1, 0.15) is 24.9 Å². The van der Waals surface area contributed by atoms with E-state index in [-0.39, 0.29) is 6.61 Å². The maximum Gasteiger partial charge on any atom is 0.303 e. The Morgan fingerprint density at radius 2 is 1.76 bits per heavy atom.